The number of alkyl halides is 5. The molecule has 0 spiro atoms. The lowest BCUT2D eigenvalue weighted by atomic mass is 9.95. The third kappa shape index (κ3) is 5.13. The normalized spacial score (nSPS) is 19.4. The zero-order valence-electron chi connectivity index (χ0n) is 17.5. The van der Waals surface area contributed by atoms with Crippen molar-refractivity contribution >= 4 is 17.0 Å². The Bertz CT molecular complexity index is 1090. The molecule has 1 saturated heterocycles. The highest BCUT2D eigenvalue weighted by atomic mass is 19.4. The number of piperidine rings is 1. The molecule has 4 rings (SSSR count). The first-order valence-electron chi connectivity index (χ1n) is 10.2. The zero-order valence-corrected chi connectivity index (χ0v) is 17.5. The van der Waals surface area contributed by atoms with Gasteiger partial charge in [-0.25, -0.2) is 28.4 Å². The summed E-state index contributed by atoms with van der Waals surface area (Å²) in [6.07, 6.45) is -2.95. The summed E-state index contributed by atoms with van der Waals surface area (Å²) in [5.41, 5.74) is -0.461. The summed E-state index contributed by atoms with van der Waals surface area (Å²) >= 11 is 0. The van der Waals surface area contributed by atoms with Crippen LogP contribution in [-0.2, 0) is 17.5 Å². The molecule has 0 aliphatic carbocycles. The fourth-order valence-electron chi connectivity index (χ4n) is 3.86. The van der Waals surface area contributed by atoms with Crippen molar-refractivity contribution in [1.29, 1.82) is 0 Å². The Labute approximate surface area is 185 Å². The summed E-state index contributed by atoms with van der Waals surface area (Å²) in [5.74, 6) is -0.182. The van der Waals surface area contributed by atoms with Crippen molar-refractivity contribution in [1.82, 2.24) is 24.7 Å². The Kier molecular flexibility index (Phi) is 6.58. The fourth-order valence-corrected chi connectivity index (χ4v) is 3.86. The summed E-state index contributed by atoms with van der Waals surface area (Å²) in [7, 11) is 1.54. The first-order valence-corrected chi connectivity index (χ1v) is 10.2. The van der Waals surface area contributed by atoms with E-state index < -0.39 is 24.8 Å². The third-order valence-corrected chi connectivity index (χ3v) is 5.43. The number of hydrogen-bond donors (Lipinski definition) is 0. The molecular formula is C20H21F5N6O2. The second kappa shape index (κ2) is 9.41. The van der Waals surface area contributed by atoms with Gasteiger partial charge in [0.25, 0.3) is 6.43 Å². The van der Waals surface area contributed by atoms with Crippen molar-refractivity contribution in [2.75, 3.05) is 31.7 Å². The highest BCUT2D eigenvalue weighted by molar-refractivity contribution is 5.71. The number of aromatic nitrogens is 5. The van der Waals surface area contributed by atoms with Crippen LogP contribution < -0.4 is 9.64 Å². The molecule has 3 aromatic rings. The number of pyridine rings is 1. The van der Waals surface area contributed by atoms with Crippen LogP contribution in [0.4, 0.5) is 27.8 Å². The Morgan fingerprint density at radius 3 is 2.76 bits per heavy atom. The molecule has 1 aliphatic rings. The van der Waals surface area contributed by atoms with Crippen molar-refractivity contribution in [3.8, 4) is 5.75 Å². The van der Waals surface area contributed by atoms with Crippen molar-refractivity contribution < 1.29 is 31.4 Å². The summed E-state index contributed by atoms with van der Waals surface area (Å²) in [5, 5.41) is 3.91. The Hall–Kier alpha value is -3.09. The molecule has 0 aromatic carbocycles. The zero-order chi connectivity index (χ0) is 23.6. The maximum Gasteiger partial charge on any atom is 0.437 e. The van der Waals surface area contributed by atoms with Gasteiger partial charge < -0.3 is 14.4 Å². The quantitative estimate of drug-likeness (QED) is 0.488. The average Bonchev–Trinajstić information content (AvgIpc) is 3.18. The minimum absolute atomic E-state index is 0.0389. The van der Waals surface area contributed by atoms with Gasteiger partial charge in [-0.15, -0.1) is 0 Å². The van der Waals surface area contributed by atoms with Gasteiger partial charge in [0, 0.05) is 32.3 Å². The van der Waals surface area contributed by atoms with Crippen LogP contribution in [-0.4, -0.2) is 64.1 Å². The van der Waals surface area contributed by atoms with Crippen LogP contribution in [0.3, 0.4) is 0 Å². The minimum atomic E-state index is -4.64. The second-order valence-electron chi connectivity index (χ2n) is 7.58. The molecule has 0 N–H and O–H groups in total. The molecule has 0 unspecified atom stereocenters. The van der Waals surface area contributed by atoms with E-state index in [0.29, 0.717) is 30.8 Å². The Balaban J connectivity index is 1.52. The van der Waals surface area contributed by atoms with Crippen LogP contribution in [0.2, 0.25) is 0 Å². The number of nitrogens with zero attached hydrogens (tertiary/aromatic N) is 6. The monoisotopic (exact) mass is 472 g/mol. The van der Waals surface area contributed by atoms with Crippen LogP contribution in [0.1, 0.15) is 12.1 Å². The Morgan fingerprint density at radius 1 is 1.21 bits per heavy atom. The minimum Gasteiger partial charge on any atom is -0.491 e. The van der Waals surface area contributed by atoms with Crippen LogP contribution in [0, 0.1) is 5.92 Å². The van der Waals surface area contributed by atoms with Crippen molar-refractivity contribution in [2.45, 2.75) is 31.7 Å². The predicted octanol–water partition coefficient (Wildman–Crippen LogP) is 3.43. The lowest BCUT2D eigenvalue weighted by molar-refractivity contribution is -0.142. The van der Waals surface area contributed by atoms with Crippen molar-refractivity contribution in [3.05, 3.63) is 36.4 Å². The summed E-state index contributed by atoms with van der Waals surface area (Å²) < 4.78 is 77.4. The predicted molar refractivity (Wildman–Crippen MR) is 107 cm³/mol. The number of fused-ring (bicyclic) bond motifs is 1. The molecule has 8 nitrogen and oxygen atoms in total. The van der Waals surface area contributed by atoms with Gasteiger partial charge in [0.1, 0.15) is 23.6 Å². The summed E-state index contributed by atoms with van der Waals surface area (Å²) in [6, 6.07) is 2.60. The van der Waals surface area contributed by atoms with E-state index in [-0.39, 0.29) is 30.0 Å². The number of ether oxygens (including phenoxy) is 2. The molecule has 4 heterocycles. The summed E-state index contributed by atoms with van der Waals surface area (Å²) in [4.78, 5) is 14.0. The molecular weight excluding hydrogens is 451 g/mol. The number of rotatable bonds is 7. The molecule has 13 heteroatoms. The lowest BCUT2D eigenvalue weighted by Gasteiger charge is -2.38. The van der Waals surface area contributed by atoms with Crippen LogP contribution in [0.25, 0.3) is 11.2 Å². The van der Waals surface area contributed by atoms with Gasteiger partial charge >= 0.3 is 6.18 Å². The van der Waals surface area contributed by atoms with Gasteiger partial charge in [-0.1, -0.05) is 0 Å². The molecule has 1 aliphatic heterocycles. The third-order valence-electron chi connectivity index (χ3n) is 5.43. The number of methoxy groups -OCH3 is 1. The van der Waals surface area contributed by atoms with E-state index >= 15 is 0 Å². The molecule has 1 fully saturated rings. The molecule has 2 atom stereocenters. The van der Waals surface area contributed by atoms with E-state index in [1.807, 2.05) is 4.90 Å². The molecule has 178 valence electrons. The number of hydrogen-bond acceptors (Lipinski definition) is 7. The highest BCUT2D eigenvalue weighted by Gasteiger charge is 2.37. The molecule has 0 saturated carbocycles. The van der Waals surface area contributed by atoms with Crippen LogP contribution in [0.15, 0.2) is 30.7 Å². The summed E-state index contributed by atoms with van der Waals surface area (Å²) in [6.45, 7) is 0.265. The standard InChI is InChI=1S/C20H21F5N6O2/c1-32-14-4-6-30(17-8-27-13-7-28-31(10-16(21)22)19(13)29-17)9-12(14)11-33-15-3-2-5-26-18(15)20(23,24)25/h2-3,5,7-8,12,14,16H,4,6,9-11H2,1H3/t12-,14-/m1/s1. The molecule has 0 amide bonds. The second-order valence-corrected chi connectivity index (χ2v) is 7.58. The van der Waals surface area contributed by atoms with Gasteiger partial charge in [0.05, 0.1) is 25.1 Å². The molecule has 33 heavy (non-hydrogen) atoms. The number of anilines is 1. The SMILES string of the molecule is CO[C@@H]1CCN(c2cnc3cnn(CC(F)F)c3n2)C[C@@H]1COc1cccnc1C(F)(F)F. The lowest BCUT2D eigenvalue weighted by Crippen LogP contribution is -2.46. The van der Waals surface area contributed by atoms with Crippen molar-refractivity contribution in [3.63, 3.8) is 0 Å². The van der Waals surface area contributed by atoms with E-state index in [9.17, 15) is 22.0 Å². The van der Waals surface area contributed by atoms with Crippen LogP contribution in [0.5, 0.6) is 5.75 Å². The van der Waals surface area contributed by atoms with Gasteiger partial charge in [-0.05, 0) is 18.6 Å². The van der Waals surface area contributed by atoms with Crippen LogP contribution >= 0.6 is 0 Å². The maximum absolute atomic E-state index is 13.2. The Morgan fingerprint density at radius 2 is 2.03 bits per heavy atom. The van der Waals surface area contributed by atoms with Gasteiger partial charge in [-0.3, -0.25) is 0 Å². The first kappa shape index (κ1) is 23.1. The maximum atomic E-state index is 13.2. The fraction of sp³-hybridized carbons (Fsp3) is 0.500. The first-order chi connectivity index (χ1) is 15.8. The van der Waals surface area contributed by atoms with Gasteiger partial charge in [0.15, 0.2) is 11.3 Å². The van der Waals surface area contributed by atoms with E-state index in [2.05, 4.69) is 20.1 Å². The van der Waals surface area contributed by atoms with E-state index in [4.69, 9.17) is 9.47 Å². The molecule has 3 aromatic heterocycles. The van der Waals surface area contributed by atoms with Crippen molar-refractivity contribution in [2.24, 2.45) is 5.92 Å². The highest BCUT2D eigenvalue weighted by Crippen LogP contribution is 2.35. The van der Waals surface area contributed by atoms with E-state index in [0.717, 1.165) is 10.9 Å². The number of halogens is 5. The largest absolute Gasteiger partial charge is 0.491 e. The average molecular weight is 472 g/mol. The van der Waals surface area contributed by atoms with E-state index in [1.165, 1.54) is 31.6 Å². The molecule has 0 radical (unpaired) electrons. The van der Waals surface area contributed by atoms with E-state index in [1.54, 1.807) is 0 Å². The van der Waals surface area contributed by atoms with Gasteiger partial charge in [-0.2, -0.15) is 18.3 Å². The molecule has 0 bridgehead atoms. The smallest absolute Gasteiger partial charge is 0.437 e. The topological polar surface area (TPSA) is 78.2 Å². The van der Waals surface area contributed by atoms with Gasteiger partial charge in [0.2, 0.25) is 0 Å².